The van der Waals surface area contributed by atoms with Crippen molar-refractivity contribution in [1.29, 1.82) is 0 Å². The minimum Gasteiger partial charge on any atom is -0.346 e. The van der Waals surface area contributed by atoms with E-state index in [9.17, 15) is 9.59 Å². The zero-order chi connectivity index (χ0) is 16.1. The molecule has 0 aliphatic heterocycles. The van der Waals surface area contributed by atoms with E-state index >= 15 is 0 Å². The van der Waals surface area contributed by atoms with Gasteiger partial charge < -0.3 is 5.32 Å². The fourth-order valence-corrected chi connectivity index (χ4v) is 5.35. The van der Waals surface area contributed by atoms with E-state index in [0.29, 0.717) is 11.8 Å². The SMILES string of the molecule is CC(=O)C(=O)NC(C1CCC1)C1C(=C(C)C2CCC2)C2CC[C@@H]21. The molecule has 3 unspecified atom stereocenters. The summed E-state index contributed by atoms with van der Waals surface area (Å²) in [7, 11) is 0. The highest BCUT2D eigenvalue weighted by Gasteiger charge is 2.57. The molecule has 4 rings (SSSR count). The minimum absolute atomic E-state index is 0.215. The van der Waals surface area contributed by atoms with Crippen molar-refractivity contribution in [3.63, 3.8) is 0 Å². The number of hydrogen-bond acceptors (Lipinski definition) is 2. The van der Waals surface area contributed by atoms with Crippen LogP contribution in [0.15, 0.2) is 11.1 Å². The molecule has 1 N–H and O–H groups in total. The van der Waals surface area contributed by atoms with Crippen LogP contribution in [0, 0.1) is 29.6 Å². The average molecular weight is 315 g/mol. The number of allylic oxidation sites excluding steroid dienone is 1. The van der Waals surface area contributed by atoms with Crippen molar-refractivity contribution in [2.24, 2.45) is 29.6 Å². The summed E-state index contributed by atoms with van der Waals surface area (Å²) in [5.41, 5.74) is 3.33. The summed E-state index contributed by atoms with van der Waals surface area (Å²) in [4.78, 5) is 23.5. The molecule has 0 bridgehead atoms. The Kier molecular flexibility index (Phi) is 3.85. The number of Topliss-reactive ketones (excluding diaryl/α,β-unsaturated/α-hetero) is 1. The van der Waals surface area contributed by atoms with E-state index in [1.54, 1.807) is 11.1 Å². The van der Waals surface area contributed by atoms with Gasteiger partial charge in [0, 0.05) is 18.9 Å². The van der Waals surface area contributed by atoms with Crippen LogP contribution in [0.2, 0.25) is 0 Å². The van der Waals surface area contributed by atoms with E-state index in [0.717, 1.165) is 17.8 Å². The average Bonchev–Trinajstić information content (AvgIpc) is 2.35. The van der Waals surface area contributed by atoms with Crippen molar-refractivity contribution < 1.29 is 9.59 Å². The van der Waals surface area contributed by atoms with Crippen LogP contribution >= 0.6 is 0 Å². The fraction of sp³-hybridized carbons (Fsp3) is 0.800. The first kappa shape index (κ1) is 15.4. The van der Waals surface area contributed by atoms with Crippen LogP contribution in [0.25, 0.3) is 0 Å². The van der Waals surface area contributed by atoms with Crippen LogP contribution in [0.1, 0.15) is 65.2 Å². The first-order valence-corrected chi connectivity index (χ1v) is 9.60. The quantitative estimate of drug-likeness (QED) is 0.622. The highest BCUT2D eigenvalue weighted by atomic mass is 16.2. The second kappa shape index (κ2) is 5.75. The first-order chi connectivity index (χ1) is 11.1. The molecule has 23 heavy (non-hydrogen) atoms. The summed E-state index contributed by atoms with van der Waals surface area (Å²) in [5, 5.41) is 3.14. The Balaban J connectivity index is 1.58. The lowest BCUT2D eigenvalue weighted by molar-refractivity contribution is -0.138. The maximum Gasteiger partial charge on any atom is 0.287 e. The molecule has 0 heterocycles. The minimum atomic E-state index is -0.370. The van der Waals surface area contributed by atoms with Gasteiger partial charge in [0.25, 0.3) is 5.91 Å². The van der Waals surface area contributed by atoms with Crippen molar-refractivity contribution >= 4 is 11.7 Å². The molecule has 0 saturated heterocycles. The Morgan fingerprint density at radius 3 is 2.13 bits per heavy atom. The van der Waals surface area contributed by atoms with Gasteiger partial charge in [0.1, 0.15) is 0 Å². The molecule has 3 nitrogen and oxygen atoms in total. The summed E-state index contributed by atoms with van der Waals surface area (Å²) in [6, 6.07) is 0.215. The molecular formula is C20H29NO2. The molecule has 0 aromatic heterocycles. The molecule has 0 radical (unpaired) electrons. The number of fused-ring (bicyclic) bond motifs is 1. The molecule has 4 aliphatic rings. The zero-order valence-electron chi connectivity index (χ0n) is 14.4. The Hall–Kier alpha value is -1.12. The smallest absolute Gasteiger partial charge is 0.287 e. The Bertz CT molecular complexity index is 556. The summed E-state index contributed by atoms with van der Waals surface area (Å²) < 4.78 is 0. The summed E-state index contributed by atoms with van der Waals surface area (Å²) in [6.45, 7) is 3.74. The molecule has 0 spiro atoms. The number of nitrogens with one attached hydrogen (secondary N) is 1. The number of rotatable bonds is 5. The molecule has 0 aromatic carbocycles. The third kappa shape index (κ3) is 2.38. The van der Waals surface area contributed by atoms with E-state index in [1.165, 1.54) is 58.3 Å². The van der Waals surface area contributed by atoms with Crippen molar-refractivity contribution in [1.82, 2.24) is 5.32 Å². The van der Waals surface area contributed by atoms with Crippen molar-refractivity contribution in [2.75, 3.05) is 0 Å². The maximum atomic E-state index is 12.0. The number of ketones is 1. The lowest BCUT2D eigenvalue weighted by Gasteiger charge is -2.61. The van der Waals surface area contributed by atoms with Gasteiger partial charge in [-0.2, -0.15) is 0 Å². The first-order valence-electron chi connectivity index (χ1n) is 9.60. The van der Waals surface area contributed by atoms with Gasteiger partial charge in [0.2, 0.25) is 5.78 Å². The molecule has 4 atom stereocenters. The van der Waals surface area contributed by atoms with Gasteiger partial charge in [0.15, 0.2) is 0 Å². The van der Waals surface area contributed by atoms with Gasteiger partial charge in [-0.15, -0.1) is 0 Å². The third-order valence-electron chi connectivity index (χ3n) is 7.38. The predicted molar refractivity (Wildman–Crippen MR) is 89.7 cm³/mol. The highest BCUT2D eigenvalue weighted by Crippen LogP contribution is 2.63. The van der Waals surface area contributed by atoms with Crippen LogP contribution in [-0.4, -0.2) is 17.7 Å². The number of amides is 1. The van der Waals surface area contributed by atoms with Crippen LogP contribution in [-0.2, 0) is 9.59 Å². The van der Waals surface area contributed by atoms with Gasteiger partial charge in [0.05, 0.1) is 0 Å². The molecule has 126 valence electrons. The Morgan fingerprint density at radius 2 is 1.70 bits per heavy atom. The monoisotopic (exact) mass is 315 g/mol. The van der Waals surface area contributed by atoms with Crippen molar-refractivity contribution in [2.45, 2.75) is 71.3 Å². The van der Waals surface area contributed by atoms with Gasteiger partial charge in [-0.3, -0.25) is 9.59 Å². The lowest BCUT2D eigenvalue weighted by atomic mass is 9.45. The van der Waals surface area contributed by atoms with Crippen LogP contribution in [0.3, 0.4) is 0 Å². The van der Waals surface area contributed by atoms with Gasteiger partial charge in [-0.05, 0) is 69.1 Å². The third-order valence-corrected chi connectivity index (χ3v) is 7.38. The van der Waals surface area contributed by atoms with Gasteiger partial charge in [-0.25, -0.2) is 0 Å². The standard InChI is InChI=1S/C20H29NO2/c1-11(13-5-3-6-13)17-15-9-10-16(15)18(17)19(14-7-4-8-14)21-20(23)12(2)22/h13-16,18-19H,3-10H2,1-2H3,(H,21,23)/t15?,16-,18?,19?/m0/s1. The van der Waals surface area contributed by atoms with E-state index in [4.69, 9.17) is 0 Å². The van der Waals surface area contributed by atoms with E-state index in [2.05, 4.69) is 12.2 Å². The molecule has 4 fully saturated rings. The largest absolute Gasteiger partial charge is 0.346 e. The molecule has 0 aromatic rings. The Morgan fingerprint density at radius 1 is 1.00 bits per heavy atom. The maximum absolute atomic E-state index is 12.0. The molecule has 1 amide bonds. The molecular weight excluding hydrogens is 286 g/mol. The zero-order valence-corrected chi connectivity index (χ0v) is 14.4. The normalized spacial score (nSPS) is 36.5. The van der Waals surface area contributed by atoms with Crippen molar-refractivity contribution in [3.05, 3.63) is 11.1 Å². The second-order valence-corrected chi connectivity index (χ2v) is 8.39. The van der Waals surface area contributed by atoms with E-state index < -0.39 is 0 Å². The summed E-state index contributed by atoms with van der Waals surface area (Å²) in [5.74, 6) is 2.79. The van der Waals surface area contributed by atoms with E-state index in [1.807, 2.05) is 0 Å². The van der Waals surface area contributed by atoms with Crippen LogP contribution < -0.4 is 5.32 Å². The van der Waals surface area contributed by atoms with E-state index in [-0.39, 0.29) is 17.7 Å². The lowest BCUT2D eigenvalue weighted by Crippen LogP contribution is -2.61. The van der Waals surface area contributed by atoms with Gasteiger partial charge in [-0.1, -0.05) is 24.0 Å². The van der Waals surface area contributed by atoms with Gasteiger partial charge >= 0.3 is 0 Å². The molecule has 3 heteroatoms. The fourth-order valence-electron chi connectivity index (χ4n) is 5.35. The predicted octanol–water partition coefficient (Wildman–Crippen LogP) is 3.63. The topological polar surface area (TPSA) is 46.2 Å². The number of carbonyl (C=O) groups excluding carboxylic acids is 2. The molecule has 4 aliphatic carbocycles. The number of carbonyl (C=O) groups is 2. The highest BCUT2D eigenvalue weighted by molar-refractivity contribution is 6.35. The van der Waals surface area contributed by atoms with Crippen LogP contribution in [0.4, 0.5) is 0 Å². The van der Waals surface area contributed by atoms with Crippen LogP contribution in [0.5, 0.6) is 0 Å². The second-order valence-electron chi connectivity index (χ2n) is 8.39. The molecule has 4 saturated carbocycles. The summed E-state index contributed by atoms with van der Waals surface area (Å²) in [6.07, 6.45) is 10.5. The van der Waals surface area contributed by atoms with Crippen molar-refractivity contribution in [3.8, 4) is 0 Å². The Labute approximate surface area is 139 Å². The summed E-state index contributed by atoms with van der Waals surface area (Å²) >= 11 is 0. The number of hydrogen-bond donors (Lipinski definition) is 1.